The lowest BCUT2D eigenvalue weighted by molar-refractivity contribution is -0.903. The lowest BCUT2D eigenvalue weighted by Crippen LogP contribution is -2.41. The first-order valence-corrected chi connectivity index (χ1v) is 12.5. The molecule has 178 valence electrons. The Morgan fingerprint density at radius 3 is 2.19 bits per heavy atom. The Bertz CT molecular complexity index is 674. The fourth-order valence-corrected chi connectivity index (χ4v) is 3.52. The molecule has 0 aliphatic heterocycles. The van der Waals surface area contributed by atoms with Gasteiger partial charge in [0.2, 0.25) is 0 Å². The average Bonchev–Trinajstić information content (AvgIpc) is 2.76. The Kier molecular flexibility index (Phi) is 16.1. The minimum Gasteiger partial charge on any atom is -0.460 e. The third-order valence-electron chi connectivity index (χ3n) is 5.44. The molecule has 0 spiro atoms. The Morgan fingerprint density at radius 2 is 1.47 bits per heavy atom. The van der Waals surface area contributed by atoms with Crippen molar-refractivity contribution < 1.29 is 14.0 Å². The number of esters is 1. The van der Waals surface area contributed by atoms with E-state index in [2.05, 4.69) is 81.7 Å². The summed E-state index contributed by atoms with van der Waals surface area (Å²) in [4.78, 5) is 12.0. The molecular weight excluding hydrogens is 394 g/mol. The second-order valence-corrected chi connectivity index (χ2v) is 9.12. The molecule has 1 aromatic carbocycles. The monoisotopic (exact) mass is 440 g/mol. The second-order valence-electron chi connectivity index (χ2n) is 9.12. The molecule has 1 aromatic rings. The fraction of sp³-hybridized carbons (Fsp3) is 0.552. The summed E-state index contributed by atoms with van der Waals surface area (Å²) >= 11 is 0. The SMILES string of the molecule is CC/C=C\C/C=C\C/C=C\CCCCCCCC(=O)OCC[N+](C)(C)Cc1ccccc1. The van der Waals surface area contributed by atoms with Crippen LogP contribution in [0, 0.1) is 0 Å². The molecule has 0 bridgehead atoms. The van der Waals surface area contributed by atoms with Gasteiger partial charge in [0.1, 0.15) is 19.7 Å². The third kappa shape index (κ3) is 16.5. The predicted octanol–water partition coefficient (Wildman–Crippen LogP) is 7.40. The number of ether oxygens (including phenoxy) is 1. The molecule has 3 heteroatoms. The average molecular weight is 441 g/mol. The molecule has 0 aromatic heterocycles. The Labute approximate surface area is 197 Å². The van der Waals surface area contributed by atoms with Crippen molar-refractivity contribution in [1.82, 2.24) is 0 Å². The number of hydrogen-bond acceptors (Lipinski definition) is 2. The van der Waals surface area contributed by atoms with Crippen LogP contribution in [0.1, 0.15) is 76.7 Å². The molecule has 1 rings (SSSR count). The van der Waals surface area contributed by atoms with Gasteiger partial charge < -0.3 is 9.22 Å². The maximum absolute atomic E-state index is 12.0. The van der Waals surface area contributed by atoms with E-state index < -0.39 is 0 Å². The standard InChI is InChI=1S/C29H46NO2/c1-4-5-6-7-8-9-10-11-12-13-14-15-16-17-21-24-29(31)32-26-25-30(2,3)27-28-22-19-18-20-23-28/h5-6,8-9,11-12,18-20,22-23H,4,7,10,13-17,21,24-27H2,1-3H3/q+1/b6-5-,9-8-,12-11-. The van der Waals surface area contributed by atoms with Crippen LogP contribution in [0.5, 0.6) is 0 Å². The van der Waals surface area contributed by atoms with Gasteiger partial charge in [-0.05, 0) is 38.5 Å². The molecular formula is C29H46NO2+. The van der Waals surface area contributed by atoms with Crippen LogP contribution in [0.3, 0.4) is 0 Å². The highest BCUT2D eigenvalue weighted by Gasteiger charge is 2.16. The Balaban J connectivity index is 1.95. The van der Waals surface area contributed by atoms with Crippen LogP contribution in [-0.4, -0.2) is 37.7 Å². The van der Waals surface area contributed by atoms with E-state index in [9.17, 15) is 4.79 Å². The largest absolute Gasteiger partial charge is 0.460 e. The van der Waals surface area contributed by atoms with Crippen molar-refractivity contribution in [2.75, 3.05) is 27.2 Å². The number of allylic oxidation sites excluding steroid dienone is 6. The molecule has 0 heterocycles. The van der Waals surface area contributed by atoms with Crippen molar-refractivity contribution in [2.24, 2.45) is 0 Å². The number of carbonyl (C=O) groups is 1. The summed E-state index contributed by atoms with van der Waals surface area (Å²) < 4.78 is 6.28. The lowest BCUT2D eigenvalue weighted by atomic mass is 10.1. The van der Waals surface area contributed by atoms with Gasteiger partial charge in [0.25, 0.3) is 0 Å². The number of quaternary nitrogens is 1. The minimum atomic E-state index is -0.0501. The number of likely N-dealkylation sites (N-methyl/N-ethyl adjacent to an activating group) is 1. The second kappa shape index (κ2) is 18.4. The van der Waals surface area contributed by atoms with Crippen LogP contribution in [0.15, 0.2) is 66.8 Å². The maximum atomic E-state index is 12.0. The molecule has 3 nitrogen and oxygen atoms in total. The smallest absolute Gasteiger partial charge is 0.305 e. The highest BCUT2D eigenvalue weighted by Crippen LogP contribution is 2.10. The van der Waals surface area contributed by atoms with E-state index in [0.29, 0.717) is 13.0 Å². The van der Waals surface area contributed by atoms with Gasteiger partial charge in [-0.25, -0.2) is 0 Å². The third-order valence-corrected chi connectivity index (χ3v) is 5.44. The molecule has 0 amide bonds. The van der Waals surface area contributed by atoms with Gasteiger partial charge in [0, 0.05) is 12.0 Å². The summed E-state index contributed by atoms with van der Waals surface area (Å²) in [5.41, 5.74) is 1.31. The number of benzene rings is 1. The highest BCUT2D eigenvalue weighted by molar-refractivity contribution is 5.69. The normalized spacial score (nSPS) is 12.3. The fourth-order valence-electron chi connectivity index (χ4n) is 3.52. The van der Waals surface area contributed by atoms with Gasteiger partial charge in [-0.15, -0.1) is 0 Å². The van der Waals surface area contributed by atoms with Crippen LogP contribution in [-0.2, 0) is 16.1 Å². The first kappa shape index (κ1) is 27.9. The summed E-state index contributed by atoms with van der Waals surface area (Å²) in [5, 5.41) is 0. The van der Waals surface area contributed by atoms with Crippen molar-refractivity contribution in [1.29, 1.82) is 0 Å². The Hall–Kier alpha value is -2.13. The quantitative estimate of drug-likeness (QED) is 0.103. The van der Waals surface area contributed by atoms with Gasteiger partial charge in [-0.3, -0.25) is 4.79 Å². The number of hydrogen-bond donors (Lipinski definition) is 0. The van der Waals surface area contributed by atoms with Gasteiger partial charge >= 0.3 is 5.97 Å². The first-order valence-electron chi connectivity index (χ1n) is 12.5. The van der Waals surface area contributed by atoms with Gasteiger partial charge in [-0.2, -0.15) is 0 Å². The number of carbonyl (C=O) groups excluding carboxylic acids is 1. The highest BCUT2D eigenvalue weighted by atomic mass is 16.5. The zero-order valence-corrected chi connectivity index (χ0v) is 20.8. The van der Waals surface area contributed by atoms with Crippen LogP contribution >= 0.6 is 0 Å². The number of rotatable bonds is 18. The molecule has 0 saturated carbocycles. The summed E-state index contributed by atoms with van der Waals surface area (Å²) in [6.45, 7) is 4.43. The summed E-state index contributed by atoms with van der Waals surface area (Å²) in [7, 11) is 4.36. The van der Waals surface area contributed by atoms with Crippen molar-refractivity contribution in [3.8, 4) is 0 Å². The van der Waals surface area contributed by atoms with Gasteiger partial charge in [0.05, 0.1) is 14.1 Å². The van der Waals surface area contributed by atoms with Crippen LogP contribution in [0.2, 0.25) is 0 Å². The summed E-state index contributed by atoms with van der Waals surface area (Å²) in [6, 6.07) is 10.5. The van der Waals surface area contributed by atoms with E-state index in [1.165, 1.54) is 24.8 Å². The van der Waals surface area contributed by atoms with E-state index in [4.69, 9.17) is 4.74 Å². The van der Waals surface area contributed by atoms with E-state index >= 15 is 0 Å². The molecule has 0 fully saturated rings. The predicted molar refractivity (Wildman–Crippen MR) is 137 cm³/mol. The van der Waals surface area contributed by atoms with Crippen LogP contribution in [0.25, 0.3) is 0 Å². The van der Waals surface area contributed by atoms with E-state index in [0.717, 1.165) is 56.1 Å². The molecule has 0 N–H and O–H groups in total. The lowest BCUT2D eigenvalue weighted by Gasteiger charge is -2.29. The number of unbranched alkanes of at least 4 members (excludes halogenated alkanes) is 5. The van der Waals surface area contributed by atoms with Crippen molar-refractivity contribution in [3.63, 3.8) is 0 Å². The van der Waals surface area contributed by atoms with Gasteiger partial charge in [0.15, 0.2) is 0 Å². The molecule has 0 atom stereocenters. The summed E-state index contributed by atoms with van der Waals surface area (Å²) in [5.74, 6) is -0.0501. The zero-order chi connectivity index (χ0) is 23.3. The molecule has 0 radical (unpaired) electrons. The van der Waals surface area contributed by atoms with Crippen molar-refractivity contribution >= 4 is 5.97 Å². The molecule has 0 saturated heterocycles. The van der Waals surface area contributed by atoms with E-state index in [1.807, 2.05) is 6.07 Å². The summed E-state index contributed by atoms with van der Waals surface area (Å²) in [6.07, 6.45) is 24.1. The Morgan fingerprint density at radius 1 is 0.844 bits per heavy atom. The molecule has 32 heavy (non-hydrogen) atoms. The zero-order valence-electron chi connectivity index (χ0n) is 20.8. The van der Waals surface area contributed by atoms with Crippen LogP contribution in [0.4, 0.5) is 0 Å². The maximum Gasteiger partial charge on any atom is 0.305 e. The topological polar surface area (TPSA) is 26.3 Å². The first-order chi connectivity index (χ1) is 15.5. The van der Waals surface area contributed by atoms with Crippen molar-refractivity contribution in [3.05, 3.63) is 72.4 Å². The molecule has 0 aliphatic rings. The van der Waals surface area contributed by atoms with Gasteiger partial charge in [-0.1, -0.05) is 93.0 Å². The minimum absolute atomic E-state index is 0.0501. The molecule has 0 aliphatic carbocycles. The van der Waals surface area contributed by atoms with E-state index in [-0.39, 0.29) is 5.97 Å². The number of nitrogens with zero attached hydrogens (tertiary/aromatic N) is 1. The van der Waals surface area contributed by atoms with Crippen molar-refractivity contribution in [2.45, 2.75) is 77.7 Å². The van der Waals surface area contributed by atoms with Crippen LogP contribution < -0.4 is 0 Å². The van der Waals surface area contributed by atoms with E-state index in [1.54, 1.807) is 0 Å². The molecule has 0 unspecified atom stereocenters.